The van der Waals surface area contributed by atoms with E-state index in [1.165, 1.54) is 24.3 Å². The maximum Gasteiger partial charge on any atom is 0.293 e. The lowest BCUT2D eigenvalue weighted by Gasteiger charge is -2.13. The summed E-state index contributed by atoms with van der Waals surface area (Å²) in [6.07, 6.45) is 1.35. The molecule has 1 heterocycles. The number of thioether (sulfide) groups is 1. The molecule has 1 saturated heterocycles. The monoisotopic (exact) mass is 404 g/mol. The molecule has 5 nitrogen and oxygen atoms in total. The molecule has 2 aromatic carbocycles. The van der Waals surface area contributed by atoms with Crippen molar-refractivity contribution in [3.63, 3.8) is 0 Å². The van der Waals surface area contributed by atoms with Crippen LogP contribution in [0.15, 0.2) is 53.4 Å². The van der Waals surface area contributed by atoms with Crippen LogP contribution in [0.3, 0.4) is 0 Å². The summed E-state index contributed by atoms with van der Waals surface area (Å²) in [6.45, 7) is 0.113. The van der Waals surface area contributed by atoms with Crippen LogP contribution in [-0.2, 0) is 4.79 Å². The summed E-state index contributed by atoms with van der Waals surface area (Å²) in [5.74, 6) is -1.34. The Balaban J connectivity index is 1.61. The molecule has 0 atom stereocenters. The highest BCUT2D eigenvalue weighted by Gasteiger charge is 2.34. The second kappa shape index (κ2) is 8.37. The molecule has 138 valence electrons. The van der Waals surface area contributed by atoms with E-state index >= 15 is 0 Å². The zero-order valence-electron chi connectivity index (χ0n) is 13.9. The van der Waals surface area contributed by atoms with Gasteiger partial charge in [-0.1, -0.05) is 35.9 Å². The normalized spacial score (nSPS) is 15.5. The number of imide groups is 1. The zero-order chi connectivity index (χ0) is 19.4. The quantitative estimate of drug-likeness (QED) is 0.766. The van der Waals surface area contributed by atoms with E-state index in [2.05, 4.69) is 5.32 Å². The van der Waals surface area contributed by atoms with Gasteiger partial charge >= 0.3 is 0 Å². The predicted octanol–water partition coefficient (Wildman–Crippen LogP) is 3.95. The first-order valence-electron chi connectivity index (χ1n) is 7.99. The van der Waals surface area contributed by atoms with Crippen molar-refractivity contribution >= 4 is 46.5 Å². The lowest BCUT2D eigenvalue weighted by atomic mass is 10.2. The van der Waals surface area contributed by atoms with Gasteiger partial charge in [-0.05, 0) is 42.1 Å². The highest BCUT2D eigenvalue weighted by Crippen LogP contribution is 2.32. The number of nitrogens with zero attached hydrogens (tertiary/aromatic N) is 1. The molecule has 0 bridgehead atoms. The number of nitrogens with one attached hydrogen (secondary N) is 1. The maximum atomic E-state index is 13.7. The van der Waals surface area contributed by atoms with Crippen molar-refractivity contribution in [2.45, 2.75) is 0 Å². The number of carbonyl (C=O) groups excluding carboxylic acids is 3. The van der Waals surface area contributed by atoms with Gasteiger partial charge in [-0.3, -0.25) is 19.3 Å². The van der Waals surface area contributed by atoms with Gasteiger partial charge in [0.2, 0.25) is 0 Å². The molecule has 3 rings (SSSR count). The van der Waals surface area contributed by atoms with Crippen molar-refractivity contribution in [3.8, 4) is 0 Å². The van der Waals surface area contributed by atoms with Gasteiger partial charge in [-0.15, -0.1) is 0 Å². The fourth-order valence-electron chi connectivity index (χ4n) is 2.44. The van der Waals surface area contributed by atoms with E-state index in [1.54, 1.807) is 30.3 Å². The lowest BCUT2D eigenvalue weighted by molar-refractivity contribution is -0.122. The van der Waals surface area contributed by atoms with Gasteiger partial charge in [0.05, 0.1) is 4.91 Å². The van der Waals surface area contributed by atoms with Crippen LogP contribution in [-0.4, -0.2) is 35.0 Å². The van der Waals surface area contributed by atoms with E-state index in [0.717, 1.165) is 16.7 Å². The molecule has 0 saturated carbocycles. The van der Waals surface area contributed by atoms with Crippen LogP contribution in [0.2, 0.25) is 5.02 Å². The van der Waals surface area contributed by atoms with E-state index in [0.29, 0.717) is 10.6 Å². The summed E-state index contributed by atoms with van der Waals surface area (Å²) in [7, 11) is 0. The Morgan fingerprint density at radius 3 is 2.70 bits per heavy atom. The summed E-state index contributed by atoms with van der Waals surface area (Å²) >= 11 is 6.59. The molecule has 2 aromatic rings. The van der Waals surface area contributed by atoms with Crippen molar-refractivity contribution < 1.29 is 18.8 Å². The molecule has 1 aliphatic rings. The molecule has 3 amide bonds. The van der Waals surface area contributed by atoms with Crippen LogP contribution in [0.4, 0.5) is 9.18 Å². The van der Waals surface area contributed by atoms with Crippen molar-refractivity contribution in [2.24, 2.45) is 0 Å². The number of amides is 3. The first-order chi connectivity index (χ1) is 13.0. The molecule has 0 aliphatic carbocycles. The van der Waals surface area contributed by atoms with Crippen LogP contribution >= 0.6 is 23.4 Å². The summed E-state index contributed by atoms with van der Waals surface area (Å²) < 4.78 is 13.7. The Kier molecular flexibility index (Phi) is 5.93. The Hall–Kier alpha value is -2.64. The highest BCUT2D eigenvalue weighted by molar-refractivity contribution is 8.18. The first kappa shape index (κ1) is 19.1. The topological polar surface area (TPSA) is 66.5 Å². The molecular formula is C19H14ClFN2O3S. The molecule has 0 unspecified atom stereocenters. The summed E-state index contributed by atoms with van der Waals surface area (Å²) in [5.41, 5.74) is 0.619. The largest absolute Gasteiger partial charge is 0.350 e. The minimum Gasteiger partial charge on any atom is -0.350 e. The third-order valence-corrected chi connectivity index (χ3v) is 4.92. The molecule has 0 aromatic heterocycles. The van der Waals surface area contributed by atoms with Gasteiger partial charge in [-0.2, -0.15) is 0 Å². The molecule has 1 fully saturated rings. The van der Waals surface area contributed by atoms with Gasteiger partial charge in [0.1, 0.15) is 5.82 Å². The number of halogens is 2. The van der Waals surface area contributed by atoms with Gasteiger partial charge < -0.3 is 5.32 Å². The lowest BCUT2D eigenvalue weighted by Crippen LogP contribution is -2.37. The number of hydrogen-bond acceptors (Lipinski definition) is 4. The molecule has 1 N–H and O–H groups in total. The molecule has 1 aliphatic heterocycles. The van der Waals surface area contributed by atoms with Crippen molar-refractivity contribution in [1.29, 1.82) is 0 Å². The number of benzene rings is 2. The van der Waals surface area contributed by atoms with E-state index in [-0.39, 0.29) is 29.5 Å². The predicted molar refractivity (Wildman–Crippen MR) is 103 cm³/mol. The number of carbonyl (C=O) groups is 3. The third-order valence-electron chi connectivity index (χ3n) is 3.77. The second-order valence-corrected chi connectivity index (χ2v) is 7.05. The van der Waals surface area contributed by atoms with E-state index in [4.69, 9.17) is 11.6 Å². The Morgan fingerprint density at radius 1 is 1.19 bits per heavy atom. The summed E-state index contributed by atoms with van der Waals surface area (Å²) in [5, 5.41) is 2.61. The maximum absolute atomic E-state index is 13.7. The highest BCUT2D eigenvalue weighted by atomic mass is 35.5. The van der Waals surface area contributed by atoms with Crippen molar-refractivity contribution in [1.82, 2.24) is 10.2 Å². The van der Waals surface area contributed by atoms with Crippen LogP contribution in [0.5, 0.6) is 0 Å². The van der Waals surface area contributed by atoms with E-state index in [1.807, 2.05) is 0 Å². The van der Waals surface area contributed by atoms with Crippen LogP contribution in [0.1, 0.15) is 15.9 Å². The van der Waals surface area contributed by atoms with Crippen molar-refractivity contribution in [2.75, 3.05) is 13.1 Å². The van der Waals surface area contributed by atoms with E-state index < -0.39 is 17.0 Å². The van der Waals surface area contributed by atoms with Gasteiger partial charge in [0, 0.05) is 29.2 Å². The Labute approximate surface area is 164 Å². The number of rotatable bonds is 5. The standard InChI is InChI=1S/C19H14ClFN2O3S/c20-14-6-3-5-13(10-14)17(24)22-8-9-23-18(25)16(27-19(23)26)11-12-4-1-2-7-15(12)21/h1-7,10-11H,8-9H2,(H,22,24)/b16-11-. The average molecular weight is 405 g/mol. The number of hydrogen-bond donors (Lipinski definition) is 1. The Morgan fingerprint density at radius 2 is 1.96 bits per heavy atom. The summed E-state index contributed by atoms with van der Waals surface area (Å²) in [6, 6.07) is 12.4. The smallest absolute Gasteiger partial charge is 0.293 e. The first-order valence-corrected chi connectivity index (χ1v) is 9.19. The van der Waals surface area contributed by atoms with Gasteiger partial charge in [0.15, 0.2) is 0 Å². The fraction of sp³-hybridized carbons (Fsp3) is 0.105. The van der Waals surface area contributed by atoms with Crippen LogP contribution in [0.25, 0.3) is 6.08 Å². The minimum absolute atomic E-state index is 0.0194. The summed E-state index contributed by atoms with van der Waals surface area (Å²) in [4.78, 5) is 37.7. The van der Waals surface area contributed by atoms with Crippen LogP contribution in [0, 0.1) is 5.82 Å². The van der Waals surface area contributed by atoms with Gasteiger partial charge in [0.25, 0.3) is 17.1 Å². The second-order valence-electron chi connectivity index (χ2n) is 5.62. The zero-order valence-corrected chi connectivity index (χ0v) is 15.5. The third kappa shape index (κ3) is 4.56. The average Bonchev–Trinajstić information content (AvgIpc) is 2.91. The molecular weight excluding hydrogens is 391 g/mol. The molecule has 8 heteroatoms. The minimum atomic E-state index is -0.509. The SMILES string of the molecule is O=C(NCCN1C(=O)S/C(=C\c2ccccc2F)C1=O)c1cccc(Cl)c1. The Bertz CT molecular complexity index is 948. The molecule has 27 heavy (non-hydrogen) atoms. The molecule has 0 radical (unpaired) electrons. The van der Waals surface area contributed by atoms with E-state index in [9.17, 15) is 18.8 Å². The van der Waals surface area contributed by atoms with Crippen molar-refractivity contribution in [3.05, 3.63) is 75.4 Å². The molecule has 0 spiro atoms. The van der Waals surface area contributed by atoms with Crippen LogP contribution < -0.4 is 5.32 Å². The fourth-order valence-corrected chi connectivity index (χ4v) is 3.49. The van der Waals surface area contributed by atoms with Gasteiger partial charge in [-0.25, -0.2) is 4.39 Å².